The molecule has 0 amide bonds. The molecule has 16 bridgehead atoms. The van der Waals surface area contributed by atoms with Crippen molar-refractivity contribution < 1.29 is 56.0 Å². The van der Waals surface area contributed by atoms with Crippen molar-refractivity contribution in [2.75, 3.05) is 0 Å². The van der Waals surface area contributed by atoms with E-state index in [-0.39, 0.29) is 77.7 Å². The van der Waals surface area contributed by atoms with Crippen molar-refractivity contribution in [1.82, 2.24) is 39.9 Å². The van der Waals surface area contributed by atoms with Gasteiger partial charge in [-0.25, -0.2) is 19.9 Å². The molecule has 0 radical (unpaired) electrons. The molecule has 8 nitrogen and oxygen atoms in total. The van der Waals surface area contributed by atoms with Crippen molar-refractivity contribution in [3.05, 3.63) is 282 Å². The molecule has 10 heterocycles. The Balaban J connectivity index is 0.000000190. The Morgan fingerprint density at radius 2 is 0.437 bits per heavy atom. The second-order valence-electron chi connectivity index (χ2n) is 37.6. The van der Waals surface area contributed by atoms with Crippen LogP contribution < -0.4 is 19.9 Å². The number of fused-ring (bicyclic) bond motifs is 16. The van der Waals surface area contributed by atoms with E-state index in [1.165, 1.54) is 104 Å². The van der Waals surface area contributed by atoms with Crippen molar-refractivity contribution >= 4 is 92.7 Å². The summed E-state index contributed by atoms with van der Waals surface area (Å²) in [6.07, 6.45) is 27.0. The number of aryl methyl sites for hydroxylation is 6. The Morgan fingerprint density at radius 3 is 0.672 bits per heavy atom. The second kappa shape index (κ2) is 33.7. The number of hydrogen-bond donors (Lipinski definition) is 0. The number of hydrogen-bond acceptors (Lipinski definition) is 4. The fourth-order valence-electron chi connectivity index (χ4n) is 18.9. The largest absolute Gasteiger partial charge is 2.00 e. The Morgan fingerprint density at radius 1 is 0.244 bits per heavy atom. The Hall–Kier alpha value is -9.71. The zero-order valence-electron chi connectivity index (χ0n) is 72.9. The monoisotopic (exact) mass is 1700 g/mol. The first-order valence-electron chi connectivity index (χ1n) is 42.2. The molecule has 6 aromatic heterocycles. The van der Waals surface area contributed by atoms with Gasteiger partial charge < -0.3 is 19.9 Å². The van der Waals surface area contributed by atoms with E-state index < -0.39 is 0 Å². The molecule has 2 aliphatic carbocycles. The van der Waals surface area contributed by atoms with Crippen LogP contribution in [0.15, 0.2) is 170 Å². The summed E-state index contributed by atoms with van der Waals surface area (Å²) >= 11 is 0. The van der Waals surface area contributed by atoms with E-state index in [9.17, 15) is 0 Å². The maximum atomic E-state index is 5.54. The Labute approximate surface area is 741 Å². The van der Waals surface area contributed by atoms with E-state index in [0.29, 0.717) is 11.8 Å². The molecule has 12 aromatic rings. The predicted octanol–water partition coefficient (Wildman–Crippen LogP) is 28.2. The van der Waals surface area contributed by atoms with Gasteiger partial charge in [0, 0.05) is 0 Å². The van der Waals surface area contributed by atoms with Crippen LogP contribution in [0.25, 0.3) is 160 Å². The van der Waals surface area contributed by atoms with Gasteiger partial charge in [-0.15, -0.1) is 44.1 Å². The van der Waals surface area contributed by atoms with E-state index in [1.54, 1.807) is 0 Å². The minimum absolute atomic E-state index is 0. The fourth-order valence-corrected chi connectivity index (χ4v) is 18.9. The minimum Gasteiger partial charge on any atom is -0.657 e. The maximum absolute atomic E-state index is 5.54. The van der Waals surface area contributed by atoms with Crippen LogP contribution >= 0.6 is 0 Å². The van der Waals surface area contributed by atoms with Gasteiger partial charge in [0.15, 0.2) is 0 Å². The van der Waals surface area contributed by atoms with E-state index in [0.717, 1.165) is 171 Å². The molecule has 0 N–H and O–H groups in total. The molecule has 4 aliphatic heterocycles. The van der Waals surface area contributed by atoms with E-state index in [4.69, 9.17) is 39.9 Å². The van der Waals surface area contributed by atoms with E-state index >= 15 is 0 Å². The Bertz CT molecular complexity index is 5860. The molecular weight excluding hydrogens is 1600 g/mol. The predicted molar refractivity (Wildman–Crippen MR) is 492 cm³/mol. The van der Waals surface area contributed by atoms with Gasteiger partial charge in [0.2, 0.25) is 0 Å². The minimum atomic E-state index is 0. The SMILES string of the molecule is Cc1cc(C)c(-c2c3nc(c(-c4ccc(C(C)(C)C)cc4)c4ccc([n-]4)c(C4CCCC4)c4nc(c(-c5ccc(C(C)(C)C)cc5)c5ccc2[n-]5)C=C4)C=C3)c(C)c1.Cc1cc(C)c(-c2c3nc(c(-c4ccc(C(C)(C)C)cc4)c4ccc([n-]4)c(C4CCCC4)c4nc(c(-c5ccc(C(C)(C)C)cc5)c5ccc2[n-]5)C=C4)C=C3)c(C)c1.[Fe+2].[Zn+2].[Zn+2]. The van der Waals surface area contributed by atoms with Crippen molar-refractivity contribution in [2.24, 2.45) is 0 Å². The molecule has 2 fully saturated rings. The second-order valence-corrected chi connectivity index (χ2v) is 37.6. The third-order valence-corrected chi connectivity index (χ3v) is 24.8. The van der Waals surface area contributed by atoms with Crippen molar-refractivity contribution in [2.45, 2.75) is 209 Å². The molecule has 2 saturated carbocycles. The van der Waals surface area contributed by atoms with Gasteiger partial charge in [-0.2, -0.15) is 0 Å². The summed E-state index contributed by atoms with van der Waals surface area (Å²) in [6.45, 7) is 40.3. The molecule has 18 rings (SSSR count). The van der Waals surface area contributed by atoms with Crippen LogP contribution in [0.5, 0.6) is 0 Å². The standard InChI is InChI=1S/2C54H54N4.Fe.2Zn/c2*1-32-30-33(2)48(34(3)31-32)52-46-28-26-44(57-46)50(36-14-18-38(19-15-36)53(4,5)6)42-24-22-40(55-42)49(35-12-10-11-13-35)41-23-25-43(56-41)51(45-27-29-47(52)58-45)37-16-20-39(21-17-37)54(7,8)9;;;/h2*14-31,35H,10-13H2,1-9H3;;;/q2*-2;3*+2. The molecule has 11 heteroatoms. The molecule has 6 aromatic carbocycles. The summed E-state index contributed by atoms with van der Waals surface area (Å²) in [5.74, 6) is 0.803. The Kier molecular flexibility index (Phi) is 24.3. The van der Waals surface area contributed by atoms with Crippen LogP contribution in [0.3, 0.4) is 0 Å². The third-order valence-electron chi connectivity index (χ3n) is 24.8. The molecule has 0 spiro atoms. The van der Waals surface area contributed by atoms with Crippen LogP contribution in [0, 0.1) is 41.5 Å². The molecule has 0 saturated heterocycles. The summed E-state index contributed by atoms with van der Waals surface area (Å²) in [6, 6.07) is 62.7. The number of aromatic nitrogens is 8. The molecule has 0 atom stereocenters. The van der Waals surface area contributed by atoms with Crippen LogP contribution in [0.2, 0.25) is 0 Å². The first-order valence-corrected chi connectivity index (χ1v) is 42.2. The number of rotatable bonds is 8. The van der Waals surface area contributed by atoms with Crippen molar-refractivity contribution in [1.29, 1.82) is 0 Å². The average molecular weight is 1700 g/mol. The van der Waals surface area contributed by atoms with E-state index in [1.807, 2.05) is 0 Å². The molecule has 590 valence electrons. The normalized spacial score (nSPS) is 14.1. The van der Waals surface area contributed by atoms with Crippen LogP contribution in [0.4, 0.5) is 0 Å². The van der Waals surface area contributed by atoms with Crippen LogP contribution in [0.1, 0.15) is 259 Å². The smallest absolute Gasteiger partial charge is 0.657 e. The topological polar surface area (TPSA) is 108 Å². The summed E-state index contributed by atoms with van der Waals surface area (Å²) in [4.78, 5) is 44.2. The summed E-state index contributed by atoms with van der Waals surface area (Å²) < 4.78 is 0. The van der Waals surface area contributed by atoms with Gasteiger partial charge in [0.1, 0.15) is 0 Å². The van der Waals surface area contributed by atoms with Crippen LogP contribution in [-0.4, -0.2) is 19.9 Å². The van der Waals surface area contributed by atoms with Gasteiger partial charge in [0.25, 0.3) is 0 Å². The first-order chi connectivity index (χ1) is 55.4. The zero-order valence-corrected chi connectivity index (χ0v) is 80.0. The summed E-state index contributed by atoms with van der Waals surface area (Å²) in [5.41, 5.74) is 43.2. The van der Waals surface area contributed by atoms with Gasteiger partial charge in [-0.05, 0) is 272 Å². The van der Waals surface area contributed by atoms with Crippen LogP contribution in [-0.2, 0) is 77.7 Å². The van der Waals surface area contributed by atoms with Gasteiger partial charge in [-0.1, -0.05) is 290 Å². The van der Waals surface area contributed by atoms with E-state index in [2.05, 4.69) is 343 Å². The summed E-state index contributed by atoms with van der Waals surface area (Å²) in [5, 5.41) is 0. The maximum Gasteiger partial charge on any atom is 2.00 e. The average Bonchev–Trinajstić information content (AvgIpc) is 1.62. The molecule has 6 aliphatic rings. The van der Waals surface area contributed by atoms with Crippen molar-refractivity contribution in [3.63, 3.8) is 0 Å². The van der Waals surface area contributed by atoms with Gasteiger partial charge >= 0.3 is 56.0 Å². The van der Waals surface area contributed by atoms with Crippen molar-refractivity contribution in [3.8, 4) is 66.8 Å². The van der Waals surface area contributed by atoms with Gasteiger partial charge in [0.05, 0.1) is 45.6 Å². The summed E-state index contributed by atoms with van der Waals surface area (Å²) in [7, 11) is 0. The molecular formula is C108H108FeN8Zn2+2. The van der Waals surface area contributed by atoms with Gasteiger partial charge in [-0.3, -0.25) is 0 Å². The quantitative estimate of drug-likeness (QED) is 0.138. The number of benzene rings is 6. The first kappa shape index (κ1) is 85.7. The third kappa shape index (κ3) is 17.0. The zero-order chi connectivity index (χ0) is 81.0. The number of nitrogens with zero attached hydrogens (tertiary/aromatic N) is 8. The molecule has 0 unspecified atom stereocenters. The molecule has 119 heavy (non-hydrogen) atoms. The fraction of sp³-hybridized carbons (Fsp3) is 0.296.